The lowest BCUT2D eigenvalue weighted by molar-refractivity contribution is 0.0589. The highest BCUT2D eigenvalue weighted by molar-refractivity contribution is 5.89. The van der Waals surface area contributed by atoms with Crippen LogP contribution < -0.4 is 5.73 Å². The number of methoxy groups -OCH3 is 1. The Bertz CT molecular complexity index is 613. The summed E-state index contributed by atoms with van der Waals surface area (Å²) in [6.45, 7) is 5.45. The van der Waals surface area contributed by atoms with E-state index in [9.17, 15) is 4.79 Å². The smallest absolute Gasteiger partial charge is 0.354 e. The number of aryl methyl sites for hydroxylation is 2. The zero-order chi connectivity index (χ0) is 14.7. The van der Waals surface area contributed by atoms with Gasteiger partial charge in [0.25, 0.3) is 0 Å². The summed E-state index contributed by atoms with van der Waals surface area (Å²) in [6.07, 6.45) is 2.63. The summed E-state index contributed by atoms with van der Waals surface area (Å²) in [5.41, 5.74) is 8.86. The number of carbonyl (C=O) groups is 1. The minimum Gasteiger partial charge on any atom is -0.464 e. The van der Waals surface area contributed by atoms with E-state index in [1.807, 2.05) is 11.6 Å². The second-order valence-electron chi connectivity index (χ2n) is 4.57. The molecule has 0 unspecified atom stereocenters. The molecule has 0 aliphatic carbocycles. The molecule has 0 radical (unpaired) electrons. The Morgan fingerprint density at radius 3 is 2.75 bits per heavy atom. The van der Waals surface area contributed by atoms with Gasteiger partial charge in [0.05, 0.1) is 30.7 Å². The highest BCUT2D eigenvalue weighted by Crippen LogP contribution is 2.15. The van der Waals surface area contributed by atoms with Gasteiger partial charge in [0.2, 0.25) is 0 Å². The lowest BCUT2D eigenvalue weighted by Gasteiger charge is -2.08. The molecular formula is C14H20N4O2. The number of nitrogen functional groups attached to an aromatic ring is 1. The predicted octanol–water partition coefficient (Wildman–Crippen LogP) is 1.68. The van der Waals surface area contributed by atoms with Gasteiger partial charge < -0.3 is 15.0 Å². The summed E-state index contributed by atoms with van der Waals surface area (Å²) < 4.78 is 8.51. The van der Waals surface area contributed by atoms with Crippen LogP contribution in [-0.2, 0) is 24.2 Å². The first kappa shape index (κ1) is 14.2. The summed E-state index contributed by atoms with van der Waals surface area (Å²) in [5, 5.41) is 4.50. The highest BCUT2D eigenvalue weighted by Gasteiger charge is 2.15. The highest BCUT2D eigenvalue weighted by atomic mass is 16.5. The van der Waals surface area contributed by atoms with Gasteiger partial charge in [-0.25, -0.2) is 4.79 Å². The van der Waals surface area contributed by atoms with E-state index in [1.165, 1.54) is 7.11 Å². The maximum atomic E-state index is 11.7. The van der Waals surface area contributed by atoms with Gasteiger partial charge in [0.15, 0.2) is 0 Å². The summed E-state index contributed by atoms with van der Waals surface area (Å²) in [6, 6.07) is 3.68. The molecular weight excluding hydrogens is 256 g/mol. The van der Waals surface area contributed by atoms with Crippen molar-refractivity contribution in [2.75, 3.05) is 12.8 Å². The normalized spacial score (nSPS) is 10.8. The van der Waals surface area contributed by atoms with Crippen LogP contribution in [0.15, 0.2) is 18.3 Å². The molecule has 6 nitrogen and oxygen atoms in total. The van der Waals surface area contributed by atoms with Crippen LogP contribution in [0.25, 0.3) is 0 Å². The van der Waals surface area contributed by atoms with E-state index in [4.69, 9.17) is 10.5 Å². The molecule has 0 saturated heterocycles. The number of carbonyl (C=O) groups excluding carboxylic acids is 1. The van der Waals surface area contributed by atoms with Crippen molar-refractivity contribution in [3.63, 3.8) is 0 Å². The molecule has 0 bridgehead atoms. The lowest BCUT2D eigenvalue weighted by Crippen LogP contribution is -2.13. The van der Waals surface area contributed by atoms with E-state index >= 15 is 0 Å². The second kappa shape index (κ2) is 5.81. The Labute approximate surface area is 118 Å². The maximum Gasteiger partial charge on any atom is 0.354 e. The third kappa shape index (κ3) is 2.68. The number of rotatable bonds is 5. The van der Waals surface area contributed by atoms with Gasteiger partial charge in [0.1, 0.15) is 5.69 Å². The number of anilines is 1. The first-order chi connectivity index (χ1) is 9.58. The van der Waals surface area contributed by atoms with Crippen molar-refractivity contribution in [1.29, 1.82) is 0 Å². The van der Waals surface area contributed by atoms with Crippen LogP contribution in [0.2, 0.25) is 0 Å². The quantitative estimate of drug-likeness (QED) is 0.843. The molecule has 6 heteroatoms. The van der Waals surface area contributed by atoms with Crippen LogP contribution in [0.3, 0.4) is 0 Å². The molecule has 2 aromatic heterocycles. The molecule has 0 aliphatic rings. The Balaban J connectivity index is 2.34. The van der Waals surface area contributed by atoms with E-state index < -0.39 is 0 Å². The number of aromatic nitrogens is 3. The molecule has 0 amide bonds. The van der Waals surface area contributed by atoms with Crippen LogP contribution in [0, 0.1) is 0 Å². The van der Waals surface area contributed by atoms with Crippen molar-refractivity contribution in [2.45, 2.75) is 33.4 Å². The minimum atomic E-state index is -0.389. The van der Waals surface area contributed by atoms with Gasteiger partial charge in [-0.2, -0.15) is 5.10 Å². The molecule has 0 aromatic carbocycles. The molecule has 20 heavy (non-hydrogen) atoms. The van der Waals surface area contributed by atoms with Gasteiger partial charge in [-0.3, -0.25) is 4.68 Å². The van der Waals surface area contributed by atoms with Crippen LogP contribution in [0.1, 0.15) is 35.7 Å². The third-order valence-electron chi connectivity index (χ3n) is 3.22. The van der Waals surface area contributed by atoms with Gasteiger partial charge in [-0.1, -0.05) is 6.92 Å². The molecule has 0 spiro atoms. The van der Waals surface area contributed by atoms with E-state index in [-0.39, 0.29) is 5.97 Å². The Kier molecular flexibility index (Phi) is 4.12. The first-order valence-corrected chi connectivity index (χ1v) is 6.68. The monoisotopic (exact) mass is 276 g/mol. The van der Waals surface area contributed by atoms with Crippen LogP contribution in [0.5, 0.6) is 0 Å². The van der Waals surface area contributed by atoms with Crippen molar-refractivity contribution in [1.82, 2.24) is 14.3 Å². The zero-order valence-corrected chi connectivity index (χ0v) is 12.1. The molecule has 2 rings (SSSR count). The van der Waals surface area contributed by atoms with Gasteiger partial charge in [0, 0.05) is 12.7 Å². The molecule has 0 saturated carbocycles. The Hall–Kier alpha value is -2.24. The molecule has 0 fully saturated rings. The first-order valence-electron chi connectivity index (χ1n) is 6.68. The number of hydrogen-bond acceptors (Lipinski definition) is 4. The third-order valence-corrected chi connectivity index (χ3v) is 3.22. The Morgan fingerprint density at radius 2 is 2.15 bits per heavy atom. The molecule has 2 heterocycles. The van der Waals surface area contributed by atoms with Gasteiger partial charge in [-0.05, 0) is 25.5 Å². The summed E-state index contributed by atoms with van der Waals surface area (Å²) >= 11 is 0. The number of nitrogens with two attached hydrogens (primary N) is 1. The topological polar surface area (TPSA) is 75.1 Å². The van der Waals surface area contributed by atoms with Crippen molar-refractivity contribution in [3.05, 3.63) is 35.4 Å². The molecule has 2 N–H and O–H groups in total. The number of esters is 1. The van der Waals surface area contributed by atoms with Crippen LogP contribution in [-0.4, -0.2) is 27.4 Å². The largest absolute Gasteiger partial charge is 0.464 e. The standard InChI is InChI=1S/C14H20N4O2/c1-4-11-7-12(18(5-2)16-11)9-17-8-10(15)6-13(17)14(19)20-3/h6-8H,4-5,9,15H2,1-3H3. The van der Waals surface area contributed by atoms with E-state index in [0.29, 0.717) is 17.9 Å². The molecule has 2 aromatic rings. The van der Waals surface area contributed by atoms with E-state index in [1.54, 1.807) is 16.8 Å². The summed E-state index contributed by atoms with van der Waals surface area (Å²) in [4.78, 5) is 11.7. The average Bonchev–Trinajstić information content (AvgIpc) is 3.01. The average molecular weight is 276 g/mol. The zero-order valence-electron chi connectivity index (χ0n) is 12.1. The Morgan fingerprint density at radius 1 is 1.40 bits per heavy atom. The predicted molar refractivity (Wildman–Crippen MR) is 76.6 cm³/mol. The van der Waals surface area contributed by atoms with Crippen LogP contribution in [0.4, 0.5) is 5.69 Å². The molecule has 108 valence electrons. The second-order valence-corrected chi connectivity index (χ2v) is 4.57. The van der Waals surface area contributed by atoms with Gasteiger partial charge in [-0.15, -0.1) is 0 Å². The van der Waals surface area contributed by atoms with Crippen molar-refractivity contribution < 1.29 is 9.53 Å². The van der Waals surface area contributed by atoms with Gasteiger partial charge >= 0.3 is 5.97 Å². The SMILES string of the molecule is CCc1cc(Cn2cc(N)cc2C(=O)OC)n(CC)n1. The van der Waals surface area contributed by atoms with Crippen molar-refractivity contribution in [2.24, 2.45) is 0 Å². The van der Waals surface area contributed by atoms with Crippen molar-refractivity contribution in [3.8, 4) is 0 Å². The number of hydrogen-bond donors (Lipinski definition) is 1. The van der Waals surface area contributed by atoms with E-state index in [2.05, 4.69) is 18.1 Å². The minimum absolute atomic E-state index is 0.389. The van der Waals surface area contributed by atoms with Crippen molar-refractivity contribution >= 4 is 11.7 Å². The number of ether oxygens (including phenoxy) is 1. The molecule has 0 atom stereocenters. The lowest BCUT2D eigenvalue weighted by atomic mass is 10.3. The fraction of sp³-hybridized carbons (Fsp3) is 0.429. The fourth-order valence-electron chi connectivity index (χ4n) is 2.20. The number of nitrogens with zero attached hydrogens (tertiary/aromatic N) is 3. The van der Waals surface area contributed by atoms with Crippen LogP contribution >= 0.6 is 0 Å². The summed E-state index contributed by atoms with van der Waals surface area (Å²) in [7, 11) is 1.36. The fourth-order valence-corrected chi connectivity index (χ4v) is 2.20. The maximum absolute atomic E-state index is 11.7. The molecule has 0 aliphatic heterocycles. The summed E-state index contributed by atoms with van der Waals surface area (Å²) in [5.74, 6) is -0.389. The van der Waals surface area contributed by atoms with E-state index in [0.717, 1.165) is 24.4 Å².